The number of amides is 1. The summed E-state index contributed by atoms with van der Waals surface area (Å²) in [5, 5.41) is 4.99. The van der Waals surface area contributed by atoms with Crippen LogP contribution in [0.5, 0.6) is 0 Å². The summed E-state index contributed by atoms with van der Waals surface area (Å²) in [6, 6.07) is 7.83. The molecule has 0 aliphatic carbocycles. The number of halogens is 1. The highest BCUT2D eigenvalue weighted by Crippen LogP contribution is 2.42. The Morgan fingerprint density at radius 1 is 1.37 bits per heavy atom. The summed E-state index contributed by atoms with van der Waals surface area (Å²) < 4.78 is 7.42. The molecular formula is C22H28ClN5O2. The molecule has 0 bridgehead atoms. The summed E-state index contributed by atoms with van der Waals surface area (Å²) in [6.45, 7) is 6.50. The van der Waals surface area contributed by atoms with Crippen molar-refractivity contribution in [3.05, 3.63) is 40.5 Å². The third kappa shape index (κ3) is 3.61. The lowest BCUT2D eigenvalue weighted by atomic mass is 9.85. The number of nitrogens with two attached hydrogens (primary N) is 1. The number of rotatable bonds is 3. The van der Waals surface area contributed by atoms with Crippen LogP contribution in [0.2, 0.25) is 5.02 Å². The SMILES string of the molecule is Cc1cc(-c2cccc([C@]3(C)CC(=O)N([C@H]4CCO[C@@H](C)C4)C(N)=N3)c2Cl)n(C)n1. The summed E-state index contributed by atoms with van der Waals surface area (Å²) in [4.78, 5) is 19.6. The van der Waals surface area contributed by atoms with Gasteiger partial charge in [-0.3, -0.25) is 14.4 Å². The second-order valence-electron chi connectivity index (χ2n) is 8.51. The van der Waals surface area contributed by atoms with Gasteiger partial charge in [-0.25, -0.2) is 4.99 Å². The summed E-state index contributed by atoms with van der Waals surface area (Å²) >= 11 is 6.85. The Hall–Kier alpha value is -2.38. The van der Waals surface area contributed by atoms with Gasteiger partial charge in [0, 0.05) is 25.3 Å². The Labute approximate surface area is 181 Å². The molecule has 30 heavy (non-hydrogen) atoms. The van der Waals surface area contributed by atoms with E-state index in [9.17, 15) is 4.79 Å². The number of ether oxygens (including phenoxy) is 1. The number of aliphatic imine (C=N–C) groups is 1. The average Bonchev–Trinajstić information content (AvgIpc) is 2.99. The van der Waals surface area contributed by atoms with E-state index in [1.54, 1.807) is 9.58 Å². The number of carbonyl (C=O) groups is 1. The molecule has 0 spiro atoms. The van der Waals surface area contributed by atoms with Crippen LogP contribution in [0.1, 0.15) is 44.4 Å². The molecule has 7 nitrogen and oxygen atoms in total. The van der Waals surface area contributed by atoms with Crippen LogP contribution in [0.3, 0.4) is 0 Å². The maximum absolute atomic E-state index is 13.2. The summed E-state index contributed by atoms with van der Waals surface area (Å²) in [5.74, 6) is 0.229. The fourth-order valence-electron chi connectivity index (χ4n) is 4.62. The molecular weight excluding hydrogens is 402 g/mol. The quantitative estimate of drug-likeness (QED) is 0.810. The molecule has 2 aliphatic heterocycles. The lowest BCUT2D eigenvalue weighted by Crippen LogP contribution is -2.56. The van der Waals surface area contributed by atoms with E-state index in [2.05, 4.69) is 5.10 Å². The molecule has 8 heteroatoms. The van der Waals surface area contributed by atoms with Crippen molar-refractivity contribution in [3.63, 3.8) is 0 Å². The van der Waals surface area contributed by atoms with Gasteiger partial charge in [-0.05, 0) is 45.2 Å². The fraction of sp³-hybridized carbons (Fsp3) is 0.500. The van der Waals surface area contributed by atoms with E-state index in [1.165, 1.54) is 0 Å². The van der Waals surface area contributed by atoms with Gasteiger partial charge in [0.1, 0.15) is 0 Å². The van der Waals surface area contributed by atoms with Gasteiger partial charge in [-0.2, -0.15) is 5.10 Å². The molecule has 2 aliphatic rings. The Bertz CT molecular complexity index is 1020. The van der Waals surface area contributed by atoms with Crippen LogP contribution in [0.25, 0.3) is 11.3 Å². The highest BCUT2D eigenvalue weighted by Gasteiger charge is 2.42. The highest BCUT2D eigenvalue weighted by molar-refractivity contribution is 6.34. The van der Waals surface area contributed by atoms with Crippen molar-refractivity contribution >= 4 is 23.5 Å². The first-order chi connectivity index (χ1) is 14.2. The van der Waals surface area contributed by atoms with Crippen LogP contribution in [0.15, 0.2) is 29.3 Å². The zero-order valence-electron chi connectivity index (χ0n) is 17.9. The van der Waals surface area contributed by atoms with Gasteiger partial charge >= 0.3 is 0 Å². The van der Waals surface area contributed by atoms with E-state index in [-0.39, 0.29) is 30.4 Å². The number of benzene rings is 1. The van der Waals surface area contributed by atoms with Crippen LogP contribution < -0.4 is 5.73 Å². The van der Waals surface area contributed by atoms with Crippen molar-refractivity contribution in [2.45, 2.75) is 57.7 Å². The smallest absolute Gasteiger partial charge is 0.232 e. The predicted molar refractivity (Wildman–Crippen MR) is 117 cm³/mol. The van der Waals surface area contributed by atoms with E-state index in [1.807, 2.05) is 52.1 Å². The van der Waals surface area contributed by atoms with Crippen molar-refractivity contribution in [2.75, 3.05) is 6.61 Å². The molecule has 160 valence electrons. The topological polar surface area (TPSA) is 85.7 Å². The molecule has 1 amide bonds. The van der Waals surface area contributed by atoms with E-state index in [0.29, 0.717) is 11.6 Å². The van der Waals surface area contributed by atoms with E-state index >= 15 is 0 Å². The van der Waals surface area contributed by atoms with Crippen LogP contribution in [0.4, 0.5) is 0 Å². The van der Waals surface area contributed by atoms with Gasteiger partial charge in [0.25, 0.3) is 0 Å². The minimum absolute atomic E-state index is 0.0220. The largest absolute Gasteiger partial charge is 0.378 e. The van der Waals surface area contributed by atoms with Crippen LogP contribution in [0, 0.1) is 6.92 Å². The molecule has 4 rings (SSSR count). The third-order valence-electron chi connectivity index (χ3n) is 6.05. The Morgan fingerprint density at radius 2 is 2.13 bits per heavy atom. The van der Waals surface area contributed by atoms with Crippen LogP contribution in [-0.4, -0.2) is 45.3 Å². The molecule has 1 saturated heterocycles. The number of hydrogen-bond donors (Lipinski definition) is 1. The first kappa shape index (κ1) is 20.9. The molecule has 0 radical (unpaired) electrons. The number of nitrogens with zero attached hydrogens (tertiary/aromatic N) is 4. The standard InChI is InChI=1S/C22H28ClN5O2/c1-13-10-18(27(4)26-13)16-6-5-7-17(20(16)23)22(3)12-19(29)28(21(24)25-22)15-8-9-30-14(2)11-15/h5-7,10,14-15H,8-9,11-12H2,1-4H3,(H2,24,25)/t14-,15-,22-/m0/s1. The normalized spacial score (nSPS) is 27.3. The molecule has 2 N–H and O–H groups in total. The number of carbonyl (C=O) groups excluding carboxylic acids is 1. The number of aromatic nitrogens is 2. The zero-order valence-corrected chi connectivity index (χ0v) is 18.6. The molecule has 1 fully saturated rings. The number of aryl methyl sites for hydroxylation is 2. The molecule has 0 unspecified atom stereocenters. The second kappa shape index (κ2) is 7.71. The first-order valence-electron chi connectivity index (χ1n) is 10.3. The monoisotopic (exact) mass is 429 g/mol. The minimum atomic E-state index is -0.824. The Morgan fingerprint density at radius 3 is 2.77 bits per heavy atom. The van der Waals surface area contributed by atoms with Crippen LogP contribution >= 0.6 is 11.6 Å². The Balaban J connectivity index is 1.72. The van der Waals surface area contributed by atoms with Crippen molar-refractivity contribution in [3.8, 4) is 11.3 Å². The third-order valence-corrected chi connectivity index (χ3v) is 6.46. The summed E-state index contributed by atoms with van der Waals surface area (Å²) in [6.07, 6.45) is 1.84. The van der Waals surface area contributed by atoms with Crippen molar-refractivity contribution in [1.29, 1.82) is 0 Å². The predicted octanol–water partition coefficient (Wildman–Crippen LogP) is 3.38. The Kier molecular flexibility index (Phi) is 5.36. The van der Waals surface area contributed by atoms with Gasteiger partial charge in [0.05, 0.1) is 34.5 Å². The van der Waals surface area contributed by atoms with Gasteiger partial charge in [-0.15, -0.1) is 0 Å². The highest BCUT2D eigenvalue weighted by atomic mass is 35.5. The molecule has 0 saturated carbocycles. The van der Waals surface area contributed by atoms with Crippen LogP contribution in [-0.2, 0) is 22.1 Å². The first-order valence-corrected chi connectivity index (χ1v) is 10.7. The van der Waals surface area contributed by atoms with Crippen molar-refractivity contribution in [2.24, 2.45) is 17.8 Å². The maximum atomic E-state index is 13.2. The maximum Gasteiger partial charge on any atom is 0.232 e. The van der Waals surface area contributed by atoms with E-state index < -0.39 is 5.54 Å². The number of hydrogen-bond acceptors (Lipinski definition) is 5. The van der Waals surface area contributed by atoms with E-state index in [4.69, 9.17) is 27.1 Å². The minimum Gasteiger partial charge on any atom is -0.378 e. The molecule has 2 aromatic rings. The van der Waals surface area contributed by atoms with E-state index in [0.717, 1.165) is 35.4 Å². The van der Waals surface area contributed by atoms with Gasteiger partial charge in [0.15, 0.2) is 5.96 Å². The second-order valence-corrected chi connectivity index (χ2v) is 8.88. The lowest BCUT2D eigenvalue weighted by Gasteiger charge is -2.41. The summed E-state index contributed by atoms with van der Waals surface area (Å²) in [5.41, 5.74) is 9.00. The zero-order chi connectivity index (χ0) is 21.6. The van der Waals surface area contributed by atoms with Crippen molar-refractivity contribution < 1.29 is 9.53 Å². The fourth-order valence-corrected chi connectivity index (χ4v) is 5.04. The number of guanidine groups is 1. The van der Waals surface area contributed by atoms with Crippen molar-refractivity contribution in [1.82, 2.24) is 14.7 Å². The van der Waals surface area contributed by atoms with Gasteiger partial charge in [0.2, 0.25) is 5.91 Å². The molecule has 1 aromatic heterocycles. The molecule has 3 atom stereocenters. The molecule has 3 heterocycles. The van der Waals surface area contributed by atoms with Gasteiger partial charge < -0.3 is 10.5 Å². The average molecular weight is 430 g/mol. The molecule has 1 aromatic carbocycles. The lowest BCUT2D eigenvalue weighted by molar-refractivity contribution is -0.133. The summed E-state index contributed by atoms with van der Waals surface area (Å²) in [7, 11) is 1.89. The van der Waals surface area contributed by atoms with Gasteiger partial charge in [-0.1, -0.05) is 29.8 Å².